The van der Waals surface area contributed by atoms with E-state index in [-0.39, 0.29) is 5.56 Å². The van der Waals surface area contributed by atoms with E-state index in [4.69, 9.17) is 5.73 Å². The molecule has 1 aliphatic carbocycles. The van der Waals surface area contributed by atoms with Crippen molar-refractivity contribution in [3.63, 3.8) is 0 Å². The predicted molar refractivity (Wildman–Crippen MR) is 58.7 cm³/mol. The summed E-state index contributed by atoms with van der Waals surface area (Å²) >= 11 is 0. The Balaban J connectivity index is 1.88. The van der Waals surface area contributed by atoms with Crippen LogP contribution >= 0.6 is 0 Å². The first-order chi connectivity index (χ1) is 7.25. The van der Waals surface area contributed by atoms with E-state index in [0.717, 1.165) is 25.8 Å². The molecule has 0 saturated heterocycles. The van der Waals surface area contributed by atoms with Gasteiger partial charge in [-0.3, -0.25) is 4.79 Å². The molecule has 1 aromatic rings. The monoisotopic (exact) mass is 208 g/mol. The molecule has 0 aliphatic heterocycles. The van der Waals surface area contributed by atoms with Crippen LogP contribution in [0, 0.1) is 5.92 Å². The summed E-state index contributed by atoms with van der Waals surface area (Å²) in [6.45, 7) is 0.786. The zero-order valence-corrected chi connectivity index (χ0v) is 8.57. The lowest BCUT2D eigenvalue weighted by atomic mass is 10.1. The van der Waals surface area contributed by atoms with Crippen LogP contribution in [0.25, 0.3) is 0 Å². The van der Waals surface area contributed by atoms with Crippen molar-refractivity contribution < 1.29 is 0 Å². The number of H-pyrrole nitrogens is 1. The molecule has 15 heavy (non-hydrogen) atoms. The molecule has 5 heteroatoms. The van der Waals surface area contributed by atoms with Crippen LogP contribution in [0.3, 0.4) is 0 Å². The third-order valence-electron chi connectivity index (χ3n) is 2.85. The smallest absolute Gasteiger partial charge is 0.290 e. The molecule has 1 saturated carbocycles. The van der Waals surface area contributed by atoms with Gasteiger partial charge in [0.15, 0.2) is 5.82 Å². The van der Waals surface area contributed by atoms with E-state index in [0.29, 0.717) is 17.8 Å². The number of anilines is 1. The average Bonchev–Trinajstić information content (AvgIpc) is 2.63. The zero-order valence-electron chi connectivity index (χ0n) is 8.57. The summed E-state index contributed by atoms with van der Waals surface area (Å²) in [7, 11) is 0. The molecule has 1 fully saturated rings. The van der Waals surface area contributed by atoms with Crippen molar-refractivity contribution in [3.8, 4) is 0 Å². The molecule has 2 rings (SSSR count). The minimum atomic E-state index is -0.167. The summed E-state index contributed by atoms with van der Waals surface area (Å²) in [6.07, 6.45) is 6.37. The Morgan fingerprint density at radius 2 is 2.47 bits per heavy atom. The van der Waals surface area contributed by atoms with E-state index in [2.05, 4.69) is 15.3 Å². The molecule has 0 radical (unpaired) electrons. The topological polar surface area (TPSA) is 83.8 Å². The second-order valence-corrected chi connectivity index (χ2v) is 4.09. The highest BCUT2D eigenvalue weighted by Crippen LogP contribution is 2.23. The summed E-state index contributed by atoms with van der Waals surface area (Å²) in [4.78, 5) is 17.8. The number of aromatic amines is 1. The molecule has 0 aromatic carbocycles. The van der Waals surface area contributed by atoms with Crippen LogP contribution in [0.1, 0.15) is 19.3 Å². The van der Waals surface area contributed by atoms with Gasteiger partial charge < -0.3 is 16.0 Å². The molecule has 2 unspecified atom stereocenters. The van der Waals surface area contributed by atoms with E-state index in [1.54, 1.807) is 6.20 Å². The number of rotatable bonds is 3. The molecule has 1 aliphatic rings. The van der Waals surface area contributed by atoms with Crippen LogP contribution in [0.2, 0.25) is 0 Å². The van der Waals surface area contributed by atoms with Crippen LogP contribution in [0.15, 0.2) is 17.2 Å². The predicted octanol–water partition coefficient (Wildman–Crippen LogP) is 0.309. The molecule has 2 atom stereocenters. The molecule has 0 bridgehead atoms. The molecule has 0 spiro atoms. The van der Waals surface area contributed by atoms with Crippen LogP contribution in [0.4, 0.5) is 5.82 Å². The van der Waals surface area contributed by atoms with Crippen molar-refractivity contribution in [2.45, 2.75) is 25.3 Å². The number of hydrogen-bond acceptors (Lipinski definition) is 4. The Bertz CT molecular complexity index is 376. The number of aromatic nitrogens is 2. The van der Waals surface area contributed by atoms with Gasteiger partial charge in [-0.25, -0.2) is 4.98 Å². The van der Waals surface area contributed by atoms with Crippen molar-refractivity contribution in [1.29, 1.82) is 0 Å². The minimum absolute atomic E-state index is 0.167. The van der Waals surface area contributed by atoms with E-state index < -0.39 is 0 Å². The van der Waals surface area contributed by atoms with Gasteiger partial charge in [0.05, 0.1) is 0 Å². The van der Waals surface area contributed by atoms with Crippen LogP contribution in [0.5, 0.6) is 0 Å². The van der Waals surface area contributed by atoms with Gasteiger partial charge in [-0.2, -0.15) is 0 Å². The Hall–Kier alpha value is -1.36. The Morgan fingerprint density at radius 3 is 3.13 bits per heavy atom. The largest absolute Gasteiger partial charge is 0.365 e. The molecule has 82 valence electrons. The van der Waals surface area contributed by atoms with Gasteiger partial charge in [0.1, 0.15) is 0 Å². The fraction of sp³-hybridized carbons (Fsp3) is 0.600. The fourth-order valence-electron chi connectivity index (χ4n) is 2.02. The SMILES string of the molecule is NC1CCC(CNc2ncc[nH]c2=O)C1. The third-order valence-corrected chi connectivity index (χ3v) is 2.85. The van der Waals surface area contributed by atoms with Gasteiger partial charge in [-0.05, 0) is 25.2 Å². The Morgan fingerprint density at radius 1 is 1.60 bits per heavy atom. The first-order valence-electron chi connectivity index (χ1n) is 5.29. The lowest BCUT2D eigenvalue weighted by molar-refractivity contribution is 0.564. The van der Waals surface area contributed by atoms with Gasteiger partial charge in [0.25, 0.3) is 5.56 Å². The second-order valence-electron chi connectivity index (χ2n) is 4.09. The van der Waals surface area contributed by atoms with E-state index in [1.165, 1.54) is 6.20 Å². The summed E-state index contributed by atoms with van der Waals surface area (Å²) in [6, 6.07) is 0.332. The van der Waals surface area contributed by atoms with E-state index in [9.17, 15) is 4.79 Å². The fourth-order valence-corrected chi connectivity index (χ4v) is 2.02. The van der Waals surface area contributed by atoms with Gasteiger partial charge in [0.2, 0.25) is 0 Å². The first kappa shape index (κ1) is 10.2. The van der Waals surface area contributed by atoms with Crippen LogP contribution < -0.4 is 16.6 Å². The molecular formula is C10H16N4O. The normalized spacial score (nSPS) is 25.4. The molecule has 1 heterocycles. The van der Waals surface area contributed by atoms with Crippen molar-refractivity contribution in [2.75, 3.05) is 11.9 Å². The van der Waals surface area contributed by atoms with E-state index >= 15 is 0 Å². The van der Waals surface area contributed by atoms with Gasteiger partial charge in [-0.15, -0.1) is 0 Å². The summed E-state index contributed by atoms with van der Waals surface area (Å²) < 4.78 is 0. The molecule has 1 aromatic heterocycles. The summed E-state index contributed by atoms with van der Waals surface area (Å²) in [5, 5.41) is 3.06. The zero-order chi connectivity index (χ0) is 10.7. The van der Waals surface area contributed by atoms with E-state index in [1.807, 2.05) is 0 Å². The number of hydrogen-bond donors (Lipinski definition) is 3. The van der Waals surface area contributed by atoms with Crippen LogP contribution in [-0.4, -0.2) is 22.6 Å². The second kappa shape index (κ2) is 4.44. The van der Waals surface area contributed by atoms with Gasteiger partial charge in [-0.1, -0.05) is 0 Å². The number of nitrogens with one attached hydrogen (secondary N) is 2. The third kappa shape index (κ3) is 2.56. The molecule has 4 N–H and O–H groups in total. The number of nitrogens with two attached hydrogens (primary N) is 1. The quantitative estimate of drug-likeness (QED) is 0.667. The maximum atomic E-state index is 11.3. The van der Waals surface area contributed by atoms with Gasteiger partial charge >= 0.3 is 0 Å². The Kier molecular flexibility index (Phi) is 3.01. The van der Waals surface area contributed by atoms with Crippen molar-refractivity contribution in [2.24, 2.45) is 11.7 Å². The van der Waals surface area contributed by atoms with Crippen molar-refractivity contribution >= 4 is 5.82 Å². The summed E-state index contributed by atoms with van der Waals surface area (Å²) in [5.74, 6) is 0.972. The highest BCUT2D eigenvalue weighted by atomic mass is 16.1. The lowest BCUT2D eigenvalue weighted by Gasteiger charge is -2.10. The number of nitrogens with zero attached hydrogens (tertiary/aromatic N) is 1. The lowest BCUT2D eigenvalue weighted by Crippen LogP contribution is -2.21. The Labute approximate surface area is 88.1 Å². The molecule has 5 nitrogen and oxygen atoms in total. The average molecular weight is 208 g/mol. The van der Waals surface area contributed by atoms with Gasteiger partial charge in [0, 0.05) is 25.0 Å². The maximum absolute atomic E-state index is 11.3. The van der Waals surface area contributed by atoms with Crippen LogP contribution in [-0.2, 0) is 0 Å². The maximum Gasteiger partial charge on any atom is 0.290 e. The highest BCUT2D eigenvalue weighted by molar-refractivity contribution is 5.29. The minimum Gasteiger partial charge on any atom is -0.365 e. The summed E-state index contributed by atoms with van der Waals surface area (Å²) in [5.41, 5.74) is 5.65. The molecule has 0 amide bonds. The highest BCUT2D eigenvalue weighted by Gasteiger charge is 2.21. The first-order valence-corrected chi connectivity index (χ1v) is 5.29. The van der Waals surface area contributed by atoms with Crippen molar-refractivity contribution in [1.82, 2.24) is 9.97 Å². The molecular weight excluding hydrogens is 192 g/mol. The van der Waals surface area contributed by atoms with Crippen molar-refractivity contribution in [3.05, 3.63) is 22.7 Å². The standard InChI is InChI=1S/C10H16N4O/c11-8-2-1-7(5-8)6-14-9-10(15)13-4-3-12-9/h3-4,7-8H,1-2,5-6,11H2,(H,12,14)(H,13,15).